The predicted molar refractivity (Wildman–Crippen MR) is 128 cm³/mol. The van der Waals surface area contributed by atoms with Gasteiger partial charge in [0.05, 0.1) is 25.8 Å². The second-order valence-electron chi connectivity index (χ2n) is 7.60. The summed E-state index contributed by atoms with van der Waals surface area (Å²) in [5, 5.41) is 7.74. The molecule has 0 aliphatic carbocycles. The molecule has 2 unspecified atom stereocenters. The van der Waals surface area contributed by atoms with Crippen LogP contribution in [-0.2, 0) is 22.6 Å². The van der Waals surface area contributed by atoms with Crippen molar-refractivity contribution in [1.82, 2.24) is 20.0 Å². The summed E-state index contributed by atoms with van der Waals surface area (Å²) in [4.78, 5) is 7.23. The maximum atomic E-state index is 5.99. The normalized spacial score (nSPS) is 22.0. The lowest BCUT2D eigenvalue weighted by molar-refractivity contribution is -0.0817. The molecule has 0 bridgehead atoms. The van der Waals surface area contributed by atoms with E-state index in [4.69, 9.17) is 14.5 Å². The first-order valence-electron chi connectivity index (χ1n) is 10.6. The molecule has 2 saturated heterocycles. The molecule has 8 heteroatoms. The van der Waals surface area contributed by atoms with E-state index in [2.05, 4.69) is 46.5 Å². The Balaban J connectivity index is 0.00000256. The quantitative estimate of drug-likeness (QED) is 0.357. The zero-order valence-corrected chi connectivity index (χ0v) is 19.9. The Morgan fingerprint density at radius 3 is 2.83 bits per heavy atom. The molecule has 1 N–H and O–H groups in total. The fraction of sp³-hybridized carbons (Fsp3) is 0.545. The maximum absolute atomic E-state index is 5.99. The number of morpholine rings is 1. The van der Waals surface area contributed by atoms with Crippen molar-refractivity contribution in [2.45, 2.75) is 45.1 Å². The van der Waals surface area contributed by atoms with Crippen molar-refractivity contribution in [2.75, 3.05) is 32.8 Å². The molecule has 2 fully saturated rings. The number of guanidine groups is 1. The van der Waals surface area contributed by atoms with E-state index < -0.39 is 0 Å². The van der Waals surface area contributed by atoms with E-state index in [0.29, 0.717) is 13.2 Å². The Kier molecular flexibility index (Phi) is 8.95. The zero-order valence-electron chi connectivity index (χ0n) is 17.6. The number of rotatable bonds is 6. The lowest BCUT2D eigenvalue weighted by Crippen LogP contribution is -2.53. The van der Waals surface area contributed by atoms with Crippen LogP contribution in [0.2, 0.25) is 0 Å². The van der Waals surface area contributed by atoms with E-state index in [0.717, 1.165) is 51.6 Å². The van der Waals surface area contributed by atoms with Crippen LogP contribution in [0.15, 0.2) is 47.7 Å². The van der Waals surface area contributed by atoms with Crippen molar-refractivity contribution in [3.05, 3.63) is 53.9 Å². The Labute approximate surface area is 195 Å². The highest BCUT2D eigenvalue weighted by Gasteiger charge is 2.32. The Morgan fingerprint density at radius 2 is 2.07 bits per heavy atom. The van der Waals surface area contributed by atoms with Gasteiger partial charge in [0, 0.05) is 38.6 Å². The second-order valence-corrected chi connectivity index (χ2v) is 7.60. The summed E-state index contributed by atoms with van der Waals surface area (Å²) in [6.07, 6.45) is 6.37. The maximum Gasteiger partial charge on any atom is 0.194 e. The number of hydrogen-bond acceptors (Lipinski definition) is 4. The van der Waals surface area contributed by atoms with Crippen molar-refractivity contribution < 1.29 is 9.47 Å². The van der Waals surface area contributed by atoms with Gasteiger partial charge in [0.15, 0.2) is 5.96 Å². The number of halogens is 1. The Bertz CT molecular complexity index is 793. The van der Waals surface area contributed by atoms with Crippen molar-refractivity contribution in [2.24, 2.45) is 4.99 Å². The average Bonchev–Trinajstić information content (AvgIpc) is 3.46. The third-order valence-corrected chi connectivity index (χ3v) is 5.41. The van der Waals surface area contributed by atoms with Gasteiger partial charge in [-0.25, -0.2) is 4.99 Å². The van der Waals surface area contributed by atoms with Crippen LogP contribution in [-0.4, -0.2) is 65.7 Å². The molecule has 2 aromatic rings. The molecule has 4 rings (SSSR count). The molecule has 2 atom stereocenters. The first-order chi connectivity index (χ1) is 14.3. The fourth-order valence-corrected chi connectivity index (χ4v) is 3.99. The van der Waals surface area contributed by atoms with E-state index in [1.165, 1.54) is 11.1 Å². The van der Waals surface area contributed by atoms with Gasteiger partial charge in [-0.3, -0.25) is 4.68 Å². The number of nitrogens with zero attached hydrogens (tertiary/aromatic N) is 4. The summed E-state index contributed by atoms with van der Waals surface area (Å²) < 4.78 is 13.8. The van der Waals surface area contributed by atoms with Gasteiger partial charge in [-0.2, -0.15) is 5.10 Å². The lowest BCUT2D eigenvalue weighted by atomic mass is 10.1. The topological polar surface area (TPSA) is 63.9 Å². The molecule has 2 aliphatic rings. The molecule has 0 spiro atoms. The minimum Gasteiger partial charge on any atom is -0.375 e. The monoisotopic (exact) mass is 525 g/mol. The third kappa shape index (κ3) is 6.18. The zero-order chi connectivity index (χ0) is 19.9. The van der Waals surface area contributed by atoms with Crippen LogP contribution < -0.4 is 5.32 Å². The second kappa shape index (κ2) is 11.7. The predicted octanol–water partition coefficient (Wildman–Crippen LogP) is 2.89. The number of benzene rings is 1. The summed E-state index contributed by atoms with van der Waals surface area (Å²) in [6.45, 7) is 7.64. The van der Waals surface area contributed by atoms with Crippen LogP contribution in [0.1, 0.15) is 30.9 Å². The van der Waals surface area contributed by atoms with E-state index in [9.17, 15) is 0 Å². The number of nitrogens with one attached hydrogen (secondary N) is 1. The Hall–Kier alpha value is -1.65. The molecular weight excluding hydrogens is 493 g/mol. The highest BCUT2D eigenvalue weighted by atomic mass is 127. The molecule has 7 nitrogen and oxygen atoms in total. The summed E-state index contributed by atoms with van der Waals surface area (Å²) >= 11 is 0. The SMILES string of the molecule is CCNC(=NCc1cccc(Cn2cccn2)c1)N1CCOC(C2CCCO2)C1.I. The van der Waals surface area contributed by atoms with Crippen molar-refractivity contribution >= 4 is 29.9 Å². The molecule has 0 radical (unpaired) electrons. The van der Waals surface area contributed by atoms with Crippen LogP contribution in [0.5, 0.6) is 0 Å². The molecule has 1 aromatic heterocycles. The van der Waals surface area contributed by atoms with Crippen LogP contribution in [0.3, 0.4) is 0 Å². The highest BCUT2D eigenvalue weighted by Crippen LogP contribution is 2.21. The van der Waals surface area contributed by atoms with Gasteiger partial charge in [0.25, 0.3) is 0 Å². The lowest BCUT2D eigenvalue weighted by Gasteiger charge is -2.37. The van der Waals surface area contributed by atoms with E-state index in [1.54, 1.807) is 0 Å². The van der Waals surface area contributed by atoms with Gasteiger partial charge in [-0.15, -0.1) is 24.0 Å². The standard InChI is InChI=1S/C22H31N5O2.HI/c1-2-23-22(26-11-13-29-21(17-26)20-8-4-12-28-20)24-15-18-6-3-7-19(14-18)16-27-10-5-9-25-27;/h3,5-7,9-10,14,20-21H,2,4,8,11-13,15-17H2,1H3,(H,23,24);1H. The van der Waals surface area contributed by atoms with Crippen LogP contribution in [0, 0.1) is 0 Å². The van der Waals surface area contributed by atoms with Gasteiger partial charge >= 0.3 is 0 Å². The van der Waals surface area contributed by atoms with Gasteiger partial charge in [0.2, 0.25) is 0 Å². The van der Waals surface area contributed by atoms with Crippen molar-refractivity contribution in [3.63, 3.8) is 0 Å². The molecule has 164 valence electrons. The number of hydrogen-bond donors (Lipinski definition) is 1. The van der Waals surface area contributed by atoms with Gasteiger partial charge in [0.1, 0.15) is 6.10 Å². The number of aliphatic imine (C=N–C) groups is 1. The summed E-state index contributed by atoms with van der Waals surface area (Å²) in [6, 6.07) is 10.5. The first-order valence-corrected chi connectivity index (χ1v) is 10.6. The molecule has 0 saturated carbocycles. The first kappa shape index (κ1) is 23.0. The van der Waals surface area contributed by atoms with Crippen molar-refractivity contribution in [3.8, 4) is 0 Å². The Morgan fingerprint density at radius 1 is 1.20 bits per heavy atom. The van der Waals surface area contributed by atoms with Gasteiger partial charge in [-0.05, 0) is 37.0 Å². The average molecular weight is 525 g/mol. The van der Waals surface area contributed by atoms with E-state index >= 15 is 0 Å². The molecule has 3 heterocycles. The number of ether oxygens (including phenoxy) is 2. The summed E-state index contributed by atoms with van der Waals surface area (Å²) in [5.41, 5.74) is 2.44. The summed E-state index contributed by atoms with van der Waals surface area (Å²) in [7, 11) is 0. The molecule has 1 aromatic carbocycles. The minimum absolute atomic E-state index is 0. The minimum atomic E-state index is 0. The molecule has 0 amide bonds. The van der Waals surface area contributed by atoms with E-state index in [1.807, 2.05) is 23.1 Å². The van der Waals surface area contributed by atoms with Gasteiger partial charge in [-0.1, -0.05) is 24.3 Å². The van der Waals surface area contributed by atoms with Crippen LogP contribution >= 0.6 is 24.0 Å². The van der Waals surface area contributed by atoms with E-state index in [-0.39, 0.29) is 36.2 Å². The molecular formula is C22H32IN5O2. The number of aromatic nitrogens is 2. The van der Waals surface area contributed by atoms with Crippen LogP contribution in [0.25, 0.3) is 0 Å². The van der Waals surface area contributed by atoms with Crippen molar-refractivity contribution in [1.29, 1.82) is 0 Å². The smallest absolute Gasteiger partial charge is 0.194 e. The van der Waals surface area contributed by atoms with Crippen LogP contribution in [0.4, 0.5) is 0 Å². The largest absolute Gasteiger partial charge is 0.375 e. The van der Waals surface area contributed by atoms with Gasteiger partial charge < -0.3 is 19.7 Å². The molecule has 2 aliphatic heterocycles. The summed E-state index contributed by atoms with van der Waals surface area (Å²) in [5.74, 6) is 0.955. The molecule has 30 heavy (non-hydrogen) atoms. The fourth-order valence-electron chi connectivity index (χ4n) is 3.99. The highest BCUT2D eigenvalue weighted by molar-refractivity contribution is 14.0. The third-order valence-electron chi connectivity index (χ3n) is 5.41.